The first-order valence-corrected chi connectivity index (χ1v) is 8.40. The second-order valence-electron chi connectivity index (χ2n) is 6.31. The molecule has 1 atom stereocenters. The summed E-state index contributed by atoms with van der Waals surface area (Å²) >= 11 is 0. The summed E-state index contributed by atoms with van der Waals surface area (Å²) < 4.78 is 15.2. The molecule has 2 aromatic heterocycles. The van der Waals surface area contributed by atoms with Gasteiger partial charge in [0.2, 0.25) is 5.91 Å². The Hall–Kier alpha value is -2.77. The van der Waals surface area contributed by atoms with Crippen molar-refractivity contribution < 1.29 is 9.18 Å². The van der Waals surface area contributed by atoms with Gasteiger partial charge in [-0.2, -0.15) is 5.10 Å². The second kappa shape index (κ2) is 7.85. The number of nitrogens with one attached hydrogen (secondary N) is 1. The van der Waals surface area contributed by atoms with E-state index in [1.54, 1.807) is 24.5 Å². The first kappa shape index (κ1) is 19.0. The fourth-order valence-corrected chi connectivity index (χ4v) is 3.41. The largest absolute Gasteiger partial charge is 0.370 e. The Morgan fingerprint density at radius 1 is 1.19 bits per heavy atom. The SMILES string of the molecule is Cl.NC(=O)CC1CNCc2c(-c3ccncc3)c(-c3ccc(F)cc3)nn21. The third-order valence-electron chi connectivity index (χ3n) is 4.55. The molecule has 1 unspecified atom stereocenters. The molecule has 0 saturated carbocycles. The van der Waals surface area contributed by atoms with Crippen LogP contribution in [-0.2, 0) is 11.3 Å². The summed E-state index contributed by atoms with van der Waals surface area (Å²) in [7, 11) is 0. The summed E-state index contributed by atoms with van der Waals surface area (Å²) in [4.78, 5) is 15.5. The van der Waals surface area contributed by atoms with E-state index >= 15 is 0 Å². The van der Waals surface area contributed by atoms with Crippen molar-refractivity contribution in [3.63, 3.8) is 0 Å². The van der Waals surface area contributed by atoms with Gasteiger partial charge in [-0.05, 0) is 42.0 Å². The highest BCUT2D eigenvalue weighted by atomic mass is 35.5. The molecule has 0 aliphatic carbocycles. The van der Waals surface area contributed by atoms with Crippen LogP contribution >= 0.6 is 12.4 Å². The van der Waals surface area contributed by atoms with E-state index in [0.717, 1.165) is 28.1 Å². The van der Waals surface area contributed by atoms with Crippen LogP contribution in [0.4, 0.5) is 4.39 Å². The van der Waals surface area contributed by atoms with Crippen LogP contribution in [0.2, 0.25) is 0 Å². The number of carbonyl (C=O) groups excluding carboxylic acids is 1. The zero-order valence-electron chi connectivity index (χ0n) is 14.4. The quantitative estimate of drug-likeness (QED) is 0.720. The Morgan fingerprint density at radius 3 is 2.56 bits per heavy atom. The molecule has 8 heteroatoms. The fourth-order valence-electron chi connectivity index (χ4n) is 3.41. The maximum absolute atomic E-state index is 13.4. The Labute approximate surface area is 162 Å². The summed E-state index contributed by atoms with van der Waals surface area (Å²) in [5.74, 6) is -0.662. The molecule has 0 bridgehead atoms. The van der Waals surface area contributed by atoms with E-state index in [1.165, 1.54) is 12.1 Å². The summed E-state index contributed by atoms with van der Waals surface area (Å²) in [6.45, 7) is 1.25. The van der Waals surface area contributed by atoms with Gasteiger partial charge in [0.15, 0.2) is 0 Å². The first-order chi connectivity index (χ1) is 12.6. The highest BCUT2D eigenvalue weighted by Crippen LogP contribution is 2.37. The van der Waals surface area contributed by atoms with Crippen LogP contribution in [0.1, 0.15) is 18.2 Å². The van der Waals surface area contributed by atoms with Gasteiger partial charge >= 0.3 is 0 Å². The van der Waals surface area contributed by atoms with E-state index < -0.39 is 0 Å². The second-order valence-corrected chi connectivity index (χ2v) is 6.31. The number of primary amides is 1. The average Bonchev–Trinajstić information content (AvgIpc) is 3.03. The van der Waals surface area contributed by atoms with E-state index in [-0.39, 0.29) is 36.6 Å². The minimum Gasteiger partial charge on any atom is -0.370 e. The van der Waals surface area contributed by atoms with Gasteiger partial charge < -0.3 is 11.1 Å². The highest BCUT2D eigenvalue weighted by molar-refractivity contribution is 5.85. The predicted octanol–water partition coefficient (Wildman–Crippen LogP) is 2.69. The van der Waals surface area contributed by atoms with Gasteiger partial charge in [-0.3, -0.25) is 14.5 Å². The van der Waals surface area contributed by atoms with Gasteiger partial charge in [-0.1, -0.05) is 0 Å². The number of benzene rings is 1. The van der Waals surface area contributed by atoms with Crippen molar-refractivity contribution in [3.8, 4) is 22.4 Å². The van der Waals surface area contributed by atoms with Gasteiger partial charge in [0.05, 0.1) is 18.2 Å². The van der Waals surface area contributed by atoms with Crippen molar-refractivity contribution in [2.75, 3.05) is 6.54 Å². The molecular formula is C19H19ClFN5O. The number of rotatable bonds is 4. The number of nitrogens with zero attached hydrogens (tertiary/aromatic N) is 3. The lowest BCUT2D eigenvalue weighted by Gasteiger charge is -2.25. The molecule has 27 heavy (non-hydrogen) atoms. The predicted molar refractivity (Wildman–Crippen MR) is 103 cm³/mol. The van der Waals surface area contributed by atoms with Crippen LogP contribution in [0.5, 0.6) is 0 Å². The molecule has 1 amide bonds. The molecule has 140 valence electrons. The number of aromatic nitrogens is 3. The zero-order chi connectivity index (χ0) is 18.1. The maximum atomic E-state index is 13.4. The van der Waals surface area contributed by atoms with Gasteiger partial charge in [-0.15, -0.1) is 12.4 Å². The monoisotopic (exact) mass is 387 g/mol. The molecule has 3 N–H and O–H groups in total. The third-order valence-corrected chi connectivity index (χ3v) is 4.55. The number of carbonyl (C=O) groups is 1. The molecule has 3 heterocycles. The topological polar surface area (TPSA) is 85.8 Å². The molecule has 0 fully saturated rings. The van der Waals surface area contributed by atoms with Crippen molar-refractivity contribution in [2.45, 2.75) is 19.0 Å². The van der Waals surface area contributed by atoms with E-state index in [4.69, 9.17) is 10.8 Å². The van der Waals surface area contributed by atoms with E-state index in [9.17, 15) is 9.18 Å². The Balaban J connectivity index is 0.00000210. The highest BCUT2D eigenvalue weighted by Gasteiger charge is 2.28. The molecule has 1 aromatic carbocycles. The minimum absolute atomic E-state index is 0. The smallest absolute Gasteiger partial charge is 0.219 e. The molecule has 1 aliphatic rings. The van der Waals surface area contributed by atoms with E-state index in [2.05, 4.69) is 10.3 Å². The first-order valence-electron chi connectivity index (χ1n) is 8.40. The summed E-state index contributed by atoms with van der Waals surface area (Å²) in [6, 6.07) is 9.96. The Kier molecular flexibility index (Phi) is 5.53. The maximum Gasteiger partial charge on any atom is 0.219 e. The lowest BCUT2D eigenvalue weighted by Crippen LogP contribution is -2.36. The van der Waals surface area contributed by atoms with Crippen LogP contribution in [0.25, 0.3) is 22.4 Å². The van der Waals surface area contributed by atoms with E-state index in [1.807, 2.05) is 16.8 Å². The Morgan fingerprint density at radius 2 is 1.89 bits per heavy atom. The van der Waals surface area contributed by atoms with Crippen molar-refractivity contribution >= 4 is 18.3 Å². The lowest BCUT2D eigenvalue weighted by molar-refractivity contribution is -0.118. The van der Waals surface area contributed by atoms with Crippen molar-refractivity contribution in [2.24, 2.45) is 5.73 Å². The fraction of sp³-hybridized carbons (Fsp3) is 0.211. The zero-order valence-corrected chi connectivity index (χ0v) is 15.2. The normalized spacial score (nSPS) is 15.7. The van der Waals surface area contributed by atoms with Crippen LogP contribution in [0, 0.1) is 5.82 Å². The van der Waals surface area contributed by atoms with Gasteiger partial charge in [0.25, 0.3) is 0 Å². The molecule has 0 saturated heterocycles. The van der Waals surface area contributed by atoms with Gasteiger partial charge in [0, 0.05) is 36.6 Å². The molecule has 0 spiro atoms. The number of hydrogen-bond donors (Lipinski definition) is 2. The third kappa shape index (κ3) is 3.70. The van der Waals surface area contributed by atoms with Crippen LogP contribution in [-0.4, -0.2) is 27.2 Å². The molecular weight excluding hydrogens is 369 g/mol. The van der Waals surface area contributed by atoms with E-state index in [0.29, 0.717) is 13.1 Å². The van der Waals surface area contributed by atoms with Gasteiger partial charge in [-0.25, -0.2) is 4.39 Å². The van der Waals surface area contributed by atoms with Crippen LogP contribution in [0.3, 0.4) is 0 Å². The molecule has 6 nitrogen and oxygen atoms in total. The average molecular weight is 388 g/mol. The molecule has 0 radical (unpaired) electrons. The summed E-state index contributed by atoms with van der Waals surface area (Å²) in [6.07, 6.45) is 3.66. The number of halogens is 2. The van der Waals surface area contributed by atoms with Crippen molar-refractivity contribution in [1.29, 1.82) is 0 Å². The summed E-state index contributed by atoms with van der Waals surface area (Å²) in [5, 5.41) is 8.12. The molecule has 4 rings (SSSR count). The molecule has 1 aliphatic heterocycles. The number of pyridine rings is 1. The summed E-state index contributed by atoms with van der Waals surface area (Å²) in [5.41, 5.74) is 9.89. The van der Waals surface area contributed by atoms with Crippen molar-refractivity contribution in [1.82, 2.24) is 20.1 Å². The van der Waals surface area contributed by atoms with Gasteiger partial charge in [0.1, 0.15) is 11.5 Å². The lowest BCUT2D eigenvalue weighted by atomic mass is 9.98. The number of hydrogen-bond acceptors (Lipinski definition) is 4. The van der Waals surface area contributed by atoms with Crippen LogP contribution < -0.4 is 11.1 Å². The molecule has 3 aromatic rings. The van der Waals surface area contributed by atoms with Crippen molar-refractivity contribution in [3.05, 3.63) is 60.3 Å². The number of nitrogens with two attached hydrogens (primary N) is 1. The Bertz CT molecular complexity index is 943. The standard InChI is InChI=1S/C19H18FN5O.ClH/c20-14-3-1-13(2-4-14)19-18(12-5-7-22-8-6-12)16-11-23-10-15(9-17(21)26)25(16)24-19;/h1-8,15,23H,9-11H2,(H2,21,26);1H. The van der Waals surface area contributed by atoms with Crippen LogP contribution in [0.15, 0.2) is 48.8 Å². The number of amides is 1. The number of fused-ring (bicyclic) bond motifs is 1. The minimum atomic E-state index is -0.367.